The van der Waals surface area contributed by atoms with Crippen LogP contribution >= 0.6 is 11.6 Å². The summed E-state index contributed by atoms with van der Waals surface area (Å²) in [6.45, 7) is 0. The zero-order valence-corrected chi connectivity index (χ0v) is 12.2. The van der Waals surface area contributed by atoms with Crippen LogP contribution in [0.4, 0.5) is 6.01 Å². The van der Waals surface area contributed by atoms with Gasteiger partial charge in [-0.2, -0.15) is 4.98 Å². The lowest BCUT2D eigenvalue weighted by atomic mass is 10.3. The maximum Gasteiger partial charge on any atom is 0.331 e. The molecule has 0 spiro atoms. The first-order valence-corrected chi connectivity index (χ1v) is 8.18. The molecule has 6 heteroatoms. The van der Waals surface area contributed by atoms with Crippen molar-refractivity contribution in [2.75, 3.05) is 6.26 Å². The summed E-state index contributed by atoms with van der Waals surface area (Å²) in [4.78, 5) is 4.83. The van der Waals surface area contributed by atoms with Gasteiger partial charge in [0.1, 0.15) is 5.52 Å². The molecule has 20 heavy (non-hydrogen) atoms. The highest BCUT2D eigenvalue weighted by atomic mass is 35.5. The number of hydrogen-bond donors (Lipinski definition) is 0. The van der Waals surface area contributed by atoms with Gasteiger partial charge in [-0.05, 0) is 30.3 Å². The van der Waals surface area contributed by atoms with Crippen LogP contribution in [0.5, 0.6) is 0 Å². The third kappa shape index (κ3) is 2.55. The van der Waals surface area contributed by atoms with E-state index in [4.69, 9.17) is 16.0 Å². The fraction of sp³-hybridized carbons (Fsp3) is 0.0714. The molecule has 0 fully saturated rings. The molecule has 0 saturated carbocycles. The zero-order chi connectivity index (χ0) is 14.2. The minimum absolute atomic E-state index is 0.0959. The SMILES string of the molecule is CS(=O)(=Nc1nc2cc(Cl)ccc2o1)c1ccccc1. The lowest BCUT2D eigenvalue weighted by Gasteiger charge is -2.01. The van der Waals surface area contributed by atoms with E-state index in [9.17, 15) is 4.21 Å². The van der Waals surface area contributed by atoms with E-state index in [-0.39, 0.29) is 6.01 Å². The molecule has 2 aromatic carbocycles. The molecule has 3 aromatic rings. The van der Waals surface area contributed by atoms with Gasteiger partial charge in [0, 0.05) is 16.2 Å². The molecule has 1 atom stereocenters. The van der Waals surface area contributed by atoms with Gasteiger partial charge in [-0.3, -0.25) is 0 Å². The Kier molecular flexibility index (Phi) is 3.23. The standard InChI is InChI=1S/C14H11ClN2O2S/c1-20(18,11-5-3-2-4-6-11)17-14-16-12-9-10(15)7-8-13(12)19-14/h2-9H,1H3. The van der Waals surface area contributed by atoms with Crippen LogP contribution in [0.25, 0.3) is 11.1 Å². The van der Waals surface area contributed by atoms with Gasteiger partial charge in [0.2, 0.25) is 0 Å². The second-order valence-corrected chi connectivity index (χ2v) is 7.01. The average molecular weight is 307 g/mol. The van der Waals surface area contributed by atoms with E-state index in [1.807, 2.05) is 18.2 Å². The third-order valence-electron chi connectivity index (χ3n) is 2.77. The minimum atomic E-state index is -2.59. The molecule has 0 aliphatic heterocycles. The second kappa shape index (κ2) is 4.92. The molecule has 0 saturated heterocycles. The van der Waals surface area contributed by atoms with Crippen LogP contribution < -0.4 is 0 Å². The summed E-state index contributed by atoms with van der Waals surface area (Å²) in [5.41, 5.74) is 1.16. The maximum atomic E-state index is 12.6. The van der Waals surface area contributed by atoms with Crippen LogP contribution in [0, 0.1) is 0 Å². The van der Waals surface area contributed by atoms with E-state index in [0.29, 0.717) is 21.0 Å². The Balaban J connectivity index is 2.12. The van der Waals surface area contributed by atoms with Crippen molar-refractivity contribution >= 4 is 38.4 Å². The molecule has 1 heterocycles. The van der Waals surface area contributed by atoms with E-state index in [0.717, 1.165) is 0 Å². The predicted octanol–water partition coefficient (Wildman–Crippen LogP) is 4.27. The van der Waals surface area contributed by atoms with Gasteiger partial charge in [-0.15, -0.1) is 4.36 Å². The van der Waals surface area contributed by atoms with Crippen molar-refractivity contribution in [3.05, 3.63) is 53.6 Å². The molecule has 0 N–H and O–H groups in total. The summed E-state index contributed by atoms with van der Waals surface area (Å²) in [6.07, 6.45) is 1.56. The summed E-state index contributed by atoms with van der Waals surface area (Å²) < 4.78 is 22.2. The van der Waals surface area contributed by atoms with Gasteiger partial charge in [0.25, 0.3) is 0 Å². The van der Waals surface area contributed by atoms with Crippen LogP contribution in [0.2, 0.25) is 5.02 Å². The van der Waals surface area contributed by atoms with E-state index in [1.54, 1.807) is 36.6 Å². The lowest BCUT2D eigenvalue weighted by Crippen LogP contribution is -1.96. The van der Waals surface area contributed by atoms with E-state index < -0.39 is 9.73 Å². The third-order valence-corrected chi connectivity index (χ3v) is 4.66. The van der Waals surface area contributed by atoms with Crippen molar-refractivity contribution in [3.8, 4) is 0 Å². The highest BCUT2D eigenvalue weighted by Gasteiger charge is 2.10. The number of benzene rings is 2. The molecule has 1 unspecified atom stereocenters. The van der Waals surface area contributed by atoms with Gasteiger partial charge in [-0.1, -0.05) is 29.8 Å². The Hall–Kier alpha value is -1.85. The number of fused-ring (bicyclic) bond motifs is 1. The molecule has 3 rings (SSSR count). The largest absolute Gasteiger partial charge is 0.422 e. The summed E-state index contributed by atoms with van der Waals surface area (Å²) in [5, 5.41) is 0.567. The summed E-state index contributed by atoms with van der Waals surface area (Å²) in [7, 11) is -2.59. The smallest absolute Gasteiger partial charge is 0.331 e. The molecule has 4 nitrogen and oxygen atoms in total. The van der Waals surface area contributed by atoms with Crippen molar-refractivity contribution in [2.45, 2.75) is 4.90 Å². The van der Waals surface area contributed by atoms with Gasteiger partial charge in [0.05, 0.1) is 9.73 Å². The molecule has 1 aromatic heterocycles. The van der Waals surface area contributed by atoms with Crippen molar-refractivity contribution in [1.29, 1.82) is 0 Å². The van der Waals surface area contributed by atoms with Gasteiger partial charge in [0.15, 0.2) is 5.58 Å². The Morgan fingerprint density at radius 1 is 1.20 bits per heavy atom. The minimum Gasteiger partial charge on any atom is -0.422 e. The summed E-state index contributed by atoms with van der Waals surface area (Å²) >= 11 is 5.89. The number of rotatable bonds is 2. The predicted molar refractivity (Wildman–Crippen MR) is 79.9 cm³/mol. The van der Waals surface area contributed by atoms with Crippen molar-refractivity contribution in [1.82, 2.24) is 4.98 Å². The number of oxazole rings is 1. The van der Waals surface area contributed by atoms with Crippen molar-refractivity contribution in [2.24, 2.45) is 4.36 Å². The number of hydrogen-bond acceptors (Lipinski definition) is 4. The van der Waals surface area contributed by atoms with Crippen molar-refractivity contribution in [3.63, 3.8) is 0 Å². The summed E-state index contributed by atoms with van der Waals surface area (Å²) in [6, 6.07) is 14.2. The van der Waals surface area contributed by atoms with Crippen LogP contribution in [-0.2, 0) is 9.73 Å². The number of aromatic nitrogens is 1. The van der Waals surface area contributed by atoms with Crippen LogP contribution in [0.3, 0.4) is 0 Å². The fourth-order valence-electron chi connectivity index (χ4n) is 1.80. The molecule has 0 aliphatic rings. The number of halogens is 1. The normalized spacial score (nSPS) is 14.1. The molecular formula is C14H11ClN2O2S. The monoisotopic (exact) mass is 306 g/mol. The Morgan fingerprint density at radius 3 is 2.70 bits per heavy atom. The first-order valence-electron chi connectivity index (χ1n) is 5.88. The van der Waals surface area contributed by atoms with Gasteiger partial charge in [-0.25, -0.2) is 4.21 Å². The molecule has 0 aliphatic carbocycles. The Labute approximate surface area is 121 Å². The first-order chi connectivity index (χ1) is 9.54. The summed E-state index contributed by atoms with van der Waals surface area (Å²) in [5.74, 6) is 0. The van der Waals surface area contributed by atoms with Gasteiger partial charge < -0.3 is 4.42 Å². The maximum absolute atomic E-state index is 12.6. The van der Waals surface area contributed by atoms with Crippen LogP contribution in [0.15, 0.2) is 62.2 Å². The average Bonchev–Trinajstić information content (AvgIpc) is 2.80. The second-order valence-electron chi connectivity index (χ2n) is 4.32. The highest BCUT2D eigenvalue weighted by molar-refractivity contribution is 7.93. The van der Waals surface area contributed by atoms with E-state index in [2.05, 4.69) is 9.35 Å². The Morgan fingerprint density at radius 2 is 1.95 bits per heavy atom. The van der Waals surface area contributed by atoms with E-state index >= 15 is 0 Å². The van der Waals surface area contributed by atoms with E-state index in [1.165, 1.54) is 0 Å². The van der Waals surface area contributed by atoms with Crippen molar-refractivity contribution < 1.29 is 8.63 Å². The topological polar surface area (TPSA) is 55.5 Å². The fourth-order valence-corrected chi connectivity index (χ4v) is 3.11. The van der Waals surface area contributed by atoms with Crippen LogP contribution in [0.1, 0.15) is 0 Å². The molecular weight excluding hydrogens is 296 g/mol. The molecule has 0 bridgehead atoms. The number of nitrogens with zero attached hydrogens (tertiary/aromatic N) is 2. The highest BCUT2D eigenvalue weighted by Crippen LogP contribution is 2.25. The van der Waals surface area contributed by atoms with Crippen LogP contribution in [-0.4, -0.2) is 15.4 Å². The van der Waals surface area contributed by atoms with Gasteiger partial charge >= 0.3 is 6.01 Å². The molecule has 0 amide bonds. The first kappa shape index (κ1) is 13.1. The lowest BCUT2D eigenvalue weighted by molar-refractivity contribution is 0.612. The molecule has 0 radical (unpaired) electrons. The zero-order valence-electron chi connectivity index (χ0n) is 10.6. The molecule has 102 valence electrons. The Bertz CT molecular complexity index is 881. The quantitative estimate of drug-likeness (QED) is 0.710.